The number of nitrogens with zero attached hydrogens (tertiary/aromatic N) is 2. The molecular weight excluding hydrogens is 794 g/mol. The Morgan fingerprint density at radius 3 is 2.47 bits per heavy atom. The third-order valence-corrected chi connectivity index (χ3v) is 14.2. The molecule has 0 spiro atoms. The van der Waals surface area contributed by atoms with Crippen molar-refractivity contribution < 1.29 is 59.0 Å². The number of halogens is 5. The first-order chi connectivity index (χ1) is 27.1. The summed E-state index contributed by atoms with van der Waals surface area (Å²) in [7, 11) is -3.19. The Kier molecular flexibility index (Phi) is 11.5. The summed E-state index contributed by atoms with van der Waals surface area (Å²) in [5, 5.41) is 5.73. The molecule has 1 saturated heterocycles. The van der Waals surface area contributed by atoms with Crippen molar-refractivity contribution in [1.29, 1.82) is 0 Å². The number of benzene rings is 1. The van der Waals surface area contributed by atoms with E-state index in [1.165, 1.54) is 19.4 Å². The Labute approximate surface area is 332 Å². The molecule has 4 aliphatic rings. The maximum atomic E-state index is 14.9. The number of carbonyl (C=O) groups is 4. The highest BCUT2D eigenvalue weighted by atomic mass is 32.2. The molecule has 19 heteroatoms. The monoisotopic (exact) mass is 841 g/mol. The molecule has 2 aromatic rings. The van der Waals surface area contributed by atoms with Gasteiger partial charge in [0, 0.05) is 23.9 Å². The van der Waals surface area contributed by atoms with Crippen molar-refractivity contribution in [2.24, 2.45) is 23.2 Å². The molecule has 7 atom stereocenters. The zero-order valence-corrected chi connectivity index (χ0v) is 33.6. The fourth-order valence-electron chi connectivity index (χ4n) is 7.76. The maximum Gasteiger partial charge on any atom is 0.402 e. The van der Waals surface area contributed by atoms with E-state index in [9.17, 15) is 49.5 Å². The molecule has 318 valence electrons. The molecule has 58 heavy (non-hydrogen) atoms. The second-order valence-corrected chi connectivity index (χ2v) is 18.8. The lowest BCUT2D eigenvalue weighted by atomic mass is 9.86. The van der Waals surface area contributed by atoms with E-state index in [-0.39, 0.29) is 55.2 Å². The first-order valence-electron chi connectivity index (χ1n) is 19.2. The van der Waals surface area contributed by atoms with Gasteiger partial charge in [0.15, 0.2) is 11.6 Å². The van der Waals surface area contributed by atoms with Crippen molar-refractivity contribution >= 4 is 44.4 Å². The quantitative estimate of drug-likeness (QED) is 0.240. The summed E-state index contributed by atoms with van der Waals surface area (Å²) >= 11 is 0. The lowest BCUT2D eigenvalue weighted by Gasteiger charge is -2.35. The Hall–Kier alpha value is -4.55. The van der Waals surface area contributed by atoms with Crippen LogP contribution in [0.4, 0.5) is 22.0 Å². The zero-order valence-electron chi connectivity index (χ0n) is 32.8. The minimum atomic E-state index is -4.97. The van der Waals surface area contributed by atoms with Crippen molar-refractivity contribution in [3.8, 4) is 11.6 Å². The van der Waals surface area contributed by atoms with E-state index in [2.05, 4.69) is 15.6 Å². The van der Waals surface area contributed by atoms with E-state index in [0.717, 1.165) is 11.0 Å². The minimum Gasteiger partial charge on any atom is -0.494 e. The number of sulfonamides is 1. The molecule has 2 aliphatic carbocycles. The van der Waals surface area contributed by atoms with E-state index in [1.54, 1.807) is 25.1 Å². The standard InChI is InChI=1S/C39H48F5N5O8S/c1-21-8-6-7-9-24-18-38(24,35(53)48-58(54,55)37(20-40)11-12-37)47-31(50)28-16-25(57-32-26-17-27(41)29(56-5)15-23(26)10-13-45-32)19-49(28)33(51)30(22(2)14-21)46-34(52)36(3,4)39(42,43)44/h7,9-10,13,15,17,21-22,24-25,28,30H,6,8,11-12,14,16,18-20H2,1-5H3,(H,46,52)(H,47,50)(H,48,53)/b9-7-/t21-,22-,24-,25-,28+,30+,38-/m1/s1. The molecule has 3 heterocycles. The lowest BCUT2D eigenvalue weighted by molar-refractivity contribution is -0.212. The van der Waals surface area contributed by atoms with Crippen molar-refractivity contribution in [2.45, 2.75) is 107 Å². The summed E-state index contributed by atoms with van der Waals surface area (Å²) in [4.78, 5) is 61.7. The number of nitrogens with one attached hydrogen (secondary N) is 3. The minimum absolute atomic E-state index is 0.00947. The Morgan fingerprint density at radius 2 is 1.83 bits per heavy atom. The molecule has 1 aromatic carbocycles. The summed E-state index contributed by atoms with van der Waals surface area (Å²) in [5.74, 6) is -6.67. The number of ether oxygens (including phenoxy) is 2. The van der Waals surface area contributed by atoms with Crippen LogP contribution in [0.2, 0.25) is 0 Å². The van der Waals surface area contributed by atoms with Gasteiger partial charge in [0.2, 0.25) is 33.6 Å². The van der Waals surface area contributed by atoms with Crippen LogP contribution in [0.5, 0.6) is 11.6 Å². The van der Waals surface area contributed by atoms with Crippen molar-refractivity contribution in [3.63, 3.8) is 0 Å². The number of alkyl halides is 4. The molecule has 3 N–H and O–H groups in total. The highest BCUT2D eigenvalue weighted by Gasteiger charge is 2.64. The molecule has 0 radical (unpaired) electrons. The maximum absolute atomic E-state index is 14.9. The summed E-state index contributed by atoms with van der Waals surface area (Å²) < 4.78 is 109. The van der Waals surface area contributed by atoms with Crippen LogP contribution >= 0.6 is 0 Å². The molecule has 6 rings (SSSR count). The second kappa shape index (κ2) is 15.6. The van der Waals surface area contributed by atoms with Gasteiger partial charge in [0.25, 0.3) is 5.91 Å². The van der Waals surface area contributed by atoms with Crippen LogP contribution in [0.25, 0.3) is 10.8 Å². The third-order valence-electron chi connectivity index (χ3n) is 12.1. The number of rotatable bonds is 9. The van der Waals surface area contributed by atoms with Crippen molar-refractivity contribution in [3.05, 3.63) is 42.4 Å². The van der Waals surface area contributed by atoms with Gasteiger partial charge in [-0.1, -0.05) is 26.0 Å². The van der Waals surface area contributed by atoms with Gasteiger partial charge < -0.3 is 25.0 Å². The summed E-state index contributed by atoms with van der Waals surface area (Å²) in [5.41, 5.74) is -4.70. The summed E-state index contributed by atoms with van der Waals surface area (Å²) in [6, 6.07) is 1.15. The molecular formula is C39H48F5N5O8S. The highest BCUT2D eigenvalue weighted by Crippen LogP contribution is 2.48. The Bertz CT molecular complexity index is 2110. The smallest absolute Gasteiger partial charge is 0.402 e. The molecule has 0 bridgehead atoms. The van der Waals surface area contributed by atoms with Gasteiger partial charge in [-0.2, -0.15) is 13.2 Å². The molecule has 4 amide bonds. The Morgan fingerprint density at radius 1 is 1.12 bits per heavy atom. The van der Waals surface area contributed by atoms with Crippen LogP contribution in [-0.4, -0.2) is 96.9 Å². The zero-order chi connectivity index (χ0) is 42.6. The molecule has 2 saturated carbocycles. The van der Waals surface area contributed by atoms with E-state index in [0.29, 0.717) is 38.5 Å². The number of fused-ring (bicyclic) bond motifs is 3. The van der Waals surface area contributed by atoms with Crippen molar-refractivity contribution in [2.75, 3.05) is 20.3 Å². The van der Waals surface area contributed by atoms with Crippen LogP contribution in [0, 0.1) is 29.0 Å². The van der Waals surface area contributed by atoms with Crippen LogP contribution in [-0.2, 0) is 29.2 Å². The highest BCUT2D eigenvalue weighted by molar-refractivity contribution is 7.91. The normalized spacial score (nSPS) is 29.5. The van der Waals surface area contributed by atoms with E-state index >= 15 is 0 Å². The third kappa shape index (κ3) is 8.06. The number of hydrogen-bond acceptors (Lipinski definition) is 9. The van der Waals surface area contributed by atoms with Gasteiger partial charge in [0.1, 0.15) is 40.6 Å². The van der Waals surface area contributed by atoms with Crippen LogP contribution in [0.15, 0.2) is 36.5 Å². The number of hydrogen-bond donors (Lipinski definition) is 3. The average Bonchev–Trinajstić information content (AvgIpc) is 4.06. The molecule has 13 nitrogen and oxygen atoms in total. The van der Waals surface area contributed by atoms with E-state index in [4.69, 9.17) is 9.47 Å². The molecule has 2 aliphatic heterocycles. The number of amides is 4. The summed E-state index contributed by atoms with van der Waals surface area (Å²) in [6.45, 7) is 3.33. The molecule has 0 unspecified atom stereocenters. The van der Waals surface area contributed by atoms with Gasteiger partial charge >= 0.3 is 6.18 Å². The predicted molar refractivity (Wildman–Crippen MR) is 200 cm³/mol. The van der Waals surface area contributed by atoms with Gasteiger partial charge in [-0.25, -0.2) is 22.2 Å². The van der Waals surface area contributed by atoms with Crippen LogP contribution < -0.4 is 24.8 Å². The summed E-state index contributed by atoms with van der Waals surface area (Å²) in [6.07, 6.45) is -0.0891. The fraction of sp³-hybridized carbons (Fsp3) is 0.615. The van der Waals surface area contributed by atoms with Crippen LogP contribution in [0.1, 0.15) is 72.6 Å². The second-order valence-electron chi connectivity index (χ2n) is 16.7. The predicted octanol–water partition coefficient (Wildman–Crippen LogP) is 4.64. The first-order valence-corrected chi connectivity index (χ1v) is 20.7. The number of aromatic nitrogens is 1. The largest absolute Gasteiger partial charge is 0.494 e. The van der Waals surface area contributed by atoms with Crippen LogP contribution in [0.3, 0.4) is 0 Å². The van der Waals surface area contributed by atoms with E-state index in [1.807, 2.05) is 11.6 Å². The Balaban J connectivity index is 1.38. The molecule has 1 aromatic heterocycles. The van der Waals surface area contributed by atoms with Crippen molar-refractivity contribution in [1.82, 2.24) is 25.2 Å². The SMILES string of the molecule is COc1cc2ccnc(O[C@@H]3C[C@H]4C(=O)N[C@]5(C(=O)NS(=O)(=O)C6(CF)CC6)C[C@H]5/C=C\CC[C@@H](C)C[C@@H](C)[C@H](NC(=O)C(C)(C)C(F)(F)F)C(=O)N4C3)c2cc1F. The number of methoxy groups -OCH3 is 1. The number of allylic oxidation sites excluding steroid dienone is 1. The van der Waals surface area contributed by atoms with Gasteiger partial charge in [-0.05, 0) is 87.8 Å². The van der Waals surface area contributed by atoms with Gasteiger partial charge in [-0.15, -0.1) is 0 Å². The van der Waals surface area contributed by atoms with Gasteiger partial charge in [0.05, 0.1) is 13.7 Å². The number of carbonyl (C=O) groups excluding carboxylic acids is 4. The average molecular weight is 842 g/mol. The van der Waals surface area contributed by atoms with Gasteiger partial charge in [-0.3, -0.25) is 23.9 Å². The fourth-order valence-corrected chi connectivity index (χ4v) is 9.18. The first kappa shape index (κ1) is 43.0. The topological polar surface area (TPSA) is 173 Å². The van der Waals surface area contributed by atoms with E-state index < -0.39 is 98.0 Å². The number of pyridine rings is 1. The molecule has 3 fully saturated rings. The lowest BCUT2D eigenvalue weighted by Crippen LogP contribution is -2.60.